The minimum Gasteiger partial charge on any atom is -0.497 e. The van der Waals surface area contributed by atoms with Crippen LogP contribution in [0.1, 0.15) is 51.8 Å². The molecular formula is C32H41N5O8. The highest BCUT2D eigenvalue weighted by Crippen LogP contribution is 2.24. The van der Waals surface area contributed by atoms with Gasteiger partial charge in [0, 0.05) is 6.20 Å². The lowest BCUT2D eigenvalue weighted by atomic mass is 10.0. The number of benzene rings is 2. The summed E-state index contributed by atoms with van der Waals surface area (Å²) in [6.07, 6.45) is 1.71. The zero-order valence-electron chi connectivity index (χ0n) is 26.4. The Morgan fingerprint density at radius 3 is 2.31 bits per heavy atom. The number of carbonyl (C=O) groups is 4. The van der Waals surface area contributed by atoms with E-state index in [1.165, 1.54) is 30.9 Å². The Kier molecular flexibility index (Phi) is 12.5. The van der Waals surface area contributed by atoms with E-state index in [9.17, 15) is 19.2 Å². The topological polar surface area (TPSA) is 159 Å². The number of rotatable bonds is 15. The number of ether oxygens (including phenoxy) is 4. The van der Waals surface area contributed by atoms with Crippen molar-refractivity contribution in [1.29, 1.82) is 0 Å². The minimum atomic E-state index is -1.42. The van der Waals surface area contributed by atoms with Gasteiger partial charge >= 0.3 is 12.1 Å². The van der Waals surface area contributed by atoms with Crippen LogP contribution in [0.15, 0.2) is 67.0 Å². The molecule has 45 heavy (non-hydrogen) atoms. The first kappa shape index (κ1) is 34.6. The molecule has 0 spiro atoms. The van der Waals surface area contributed by atoms with Crippen LogP contribution in [-0.4, -0.2) is 71.7 Å². The number of nitrogens with zero attached hydrogens (tertiary/aromatic N) is 2. The second-order valence-corrected chi connectivity index (χ2v) is 10.9. The number of alkyl carbamates (subject to hydrolysis) is 1. The van der Waals surface area contributed by atoms with Gasteiger partial charge in [0.05, 0.1) is 44.9 Å². The molecule has 3 amide bonds. The van der Waals surface area contributed by atoms with Gasteiger partial charge < -0.3 is 34.9 Å². The predicted octanol–water partition coefficient (Wildman–Crippen LogP) is 3.60. The molecule has 13 heteroatoms. The van der Waals surface area contributed by atoms with Gasteiger partial charge in [-0.15, -0.1) is 0 Å². The van der Waals surface area contributed by atoms with Crippen molar-refractivity contribution in [3.63, 3.8) is 0 Å². The summed E-state index contributed by atoms with van der Waals surface area (Å²) in [7, 11) is 1.54. The van der Waals surface area contributed by atoms with E-state index >= 15 is 0 Å². The monoisotopic (exact) mass is 623 g/mol. The zero-order valence-corrected chi connectivity index (χ0v) is 26.4. The van der Waals surface area contributed by atoms with E-state index in [4.69, 9.17) is 18.9 Å². The van der Waals surface area contributed by atoms with Crippen LogP contribution in [0.4, 0.5) is 10.5 Å². The molecule has 0 radical (unpaired) electrons. The molecule has 2 unspecified atom stereocenters. The molecule has 0 saturated heterocycles. The van der Waals surface area contributed by atoms with Gasteiger partial charge in [-0.25, -0.2) is 9.59 Å². The maximum absolute atomic E-state index is 13.5. The summed E-state index contributed by atoms with van der Waals surface area (Å²) >= 11 is 0. The summed E-state index contributed by atoms with van der Waals surface area (Å²) in [4.78, 5) is 51.8. The average molecular weight is 624 g/mol. The molecule has 0 bridgehead atoms. The standard InChI is InChI=1S/C32H41N5O8/c1-7-44-29(39)27(23-13-15-25(42-6)16-14-23)37-18-24(17-33-37)34-28(38)26(20-43-19-22-11-9-8-10-12-22)35-30(40)32(4,5)36-31(41)45-21(2)3/h8-18,21,26-27H,7,19-20H2,1-6H3,(H,34,38)(H,35,40)(H,36,41). The first-order chi connectivity index (χ1) is 21.4. The normalized spacial score (nSPS) is 12.5. The summed E-state index contributed by atoms with van der Waals surface area (Å²) in [5.41, 5.74) is 0.328. The van der Waals surface area contributed by atoms with Crippen molar-refractivity contribution >= 4 is 29.6 Å². The molecule has 1 aromatic heterocycles. The Bertz CT molecular complexity index is 1420. The molecule has 3 N–H and O–H groups in total. The van der Waals surface area contributed by atoms with E-state index in [0.29, 0.717) is 11.3 Å². The van der Waals surface area contributed by atoms with Gasteiger partial charge in [0.1, 0.15) is 17.3 Å². The van der Waals surface area contributed by atoms with Crippen molar-refractivity contribution in [1.82, 2.24) is 20.4 Å². The Balaban J connectivity index is 1.79. The van der Waals surface area contributed by atoms with E-state index in [-0.39, 0.29) is 31.6 Å². The second kappa shape index (κ2) is 16.2. The molecule has 3 aromatic rings. The Labute approximate surface area is 262 Å². The number of carbonyl (C=O) groups excluding carboxylic acids is 4. The van der Waals surface area contributed by atoms with Crippen LogP contribution in [0, 0.1) is 0 Å². The van der Waals surface area contributed by atoms with Crippen LogP contribution < -0.4 is 20.7 Å². The molecule has 0 aliphatic heterocycles. The van der Waals surface area contributed by atoms with Crippen LogP contribution in [0.5, 0.6) is 5.75 Å². The third-order valence-electron chi connectivity index (χ3n) is 6.42. The number of esters is 1. The number of anilines is 1. The van der Waals surface area contributed by atoms with Crippen LogP contribution in [0.2, 0.25) is 0 Å². The van der Waals surface area contributed by atoms with Crippen molar-refractivity contribution in [2.45, 2.75) is 65.0 Å². The minimum absolute atomic E-state index is 0.168. The number of hydrogen-bond donors (Lipinski definition) is 3. The highest BCUT2D eigenvalue weighted by atomic mass is 16.6. The number of nitrogens with one attached hydrogen (secondary N) is 3. The highest BCUT2D eigenvalue weighted by Gasteiger charge is 2.34. The third-order valence-corrected chi connectivity index (χ3v) is 6.42. The summed E-state index contributed by atoms with van der Waals surface area (Å²) in [5.74, 6) is -1.15. The molecule has 242 valence electrons. The lowest BCUT2D eigenvalue weighted by Crippen LogP contribution is -2.59. The summed E-state index contributed by atoms with van der Waals surface area (Å²) in [6, 6.07) is 14.1. The van der Waals surface area contributed by atoms with Crippen LogP contribution in [-0.2, 0) is 35.2 Å². The largest absolute Gasteiger partial charge is 0.497 e. The number of aromatic nitrogens is 2. The molecule has 0 aliphatic carbocycles. The summed E-state index contributed by atoms with van der Waals surface area (Å²) in [5, 5.41) is 12.2. The quantitative estimate of drug-likeness (QED) is 0.215. The molecule has 0 aliphatic rings. The SMILES string of the molecule is CCOC(=O)C(c1ccc(OC)cc1)n1cc(NC(=O)C(COCc2ccccc2)NC(=O)C(C)(C)NC(=O)OC(C)C)cn1. The van der Waals surface area contributed by atoms with E-state index < -0.39 is 41.5 Å². The maximum Gasteiger partial charge on any atom is 0.408 e. The lowest BCUT2D eigenvalue weighted by Gasteiger charge is -2.28. The van der Waals surface area contributed by atoms with Gasteiger partial charge in [-0.05, 0) is 57.9 Å². The van der Waals surface area contributed by atoms with E-state index in [1.54, 1.807) is 52.1 Å². The molecule has 0 fully saturated rings. The van der Waals surface area contributed by atoms with Gasteiger partial charge in [0.25, 0.3) is 0 Å². The highest BCUT2D eigenvalue weighted by molar-refractivity contribution is 5.99. The fourth-order valence-corrected chi connectivity index (χ4v) is 4.12. The smallest absolute Gasteiger partial charge is 0.408 e. The third kappa shape index (κ3) is 10.3. The predicted molar refractivity (Wildman–Crippen MR) is 165 cm³/mol. The zero-order chi connectivity index (χ0) is 33.0. The molecule has 13 nitrogen and oxygen atoms in total. The van der Waals surface area contributed by atoms with E-state index in [1.807, 2.05) is 30.3 Å². The van der Waals surface area contributed by atoms with Crippen LogP contribution >= 0.6 is 0 Å². The lowest BCUT2D eigenvalue weighted by molar-refractivity contribution is -0.146. The molecular weight excluding hydrogens is 582 g/mol. The average Bonchev–Trinajstić information content (AvgIpc) is 3.44. The van der Waals surface area contributed by atoms with E-state index in [0.717, 1.165) is 5.56 Å². The number of amides is 3. The van der Waals surface area contributed by atoms with Gasteiger partial charge in [0.15, 0.2) is 6.04 Å². The van der Waals surface area contributed by atoms with Gasteiger partial charge in [0.2, 0.25) is 11.8 Å². The molecule has 1 heterocycles. The van der Waals surface area contributed by atoms with Crippen molar-refractivity contribution in [2.24, 2.45) is 0 Å². The Hall–Kier alpha value is -4.91. The van der Waals surface area contributed by atoms with Crippen LogP contribution in [0.25, 0.3) is 0 Å². The molecule has 0 saturated carbocycles. The van der Waals surface area contributed by atoms with Crippen molar-refractivity contribution < 1.29 is 38.1 Å². The molecule has 2 atom stereocenters. The van der Waals surface area contributed by atoms with Crippen molar-refractivity contribution in [3.8, 4) is 5.75 Å². The number of methoxy groups -OCH3 is 1. The Morgan fingerprint density at radius 2 is 1.69 bits per heavy atom. The number of hydrogen-bond acceptors (Lipinski definition) is 9. The van der Waals surface area contributed by atoms with Crippen molar-refractivity contribution in [2.75, 3.05) is 25.6 Å². The Morgan fingerprint density at radius 1 is 1.00 bits per heavy atom. The first-order valence-corrected chi connectivity index (χ1v) is 14.5. The van der Waals surface area contributed by atoms with Gasteiger partial charge in [-0.2, -0.15) is 5.10 Å². The molecule has 2 aromatic carbocycles. The summed E-state index contributed by atoms with van der Waals surface area (Å²) < 4.78 is 22.8. The van der Waals surface area contributed by atoms with E-state index in [2.05, 4.69) is 21.0 Å². The first-order valence-electron chi connectivity index (χ1n) is 14.5. The summed E-state index contributed by atoms with van der Waals surface area (Å²) in [6.45, 7) is 8.24. The van der Waals surface area contributed by atoms with Gasteiger partial charge in [-0.1, -0.05) is 42.5 Å². The fourth-order valence-electron chi connectivity index (χ4n) is 4.12. The van der Waals surface area contributed by atoms with Crippen molar-refractivity contribution in [3.05, 3.63) is 78.1 Å². The van der Waals surface area contributed by atoms with Crippen LogP contribution in [0.3, 0.4) is 0 Å². The van der Waals surface area contributed by atoms with Gasteiger partial charge in [-0.3, -0.25) is 14.3 Å². The molecule has 3 rings (SSSR count). The maximum atomic E-state index is 13.5. The fraction of sp³-hybridized carbons (Fsp3) is 0.406. The second-order valence-electron chi connectivity index (χ2n) is 10.9.